The Morgan fingerprint density at radius 2 is 2.04 bits per heavy atom. The van der Waals surface area contributed by atoms with Crippen molar-refractivity contribution in [1.29, 1.82) is 0 Å². The molecule has 0 fully saturated rings. The largest absolute Gasteiger partial charge is 0.383 e. The van der Waals surface area contributed by atoms with Crippen LogP contribution in [0.15, 0.2) is 46.8 Å². The molecule has 2 atom stereocenters. The van der Waals surface area contributed by atoms with Crippen LogP contribution < -0.4 is 10.6 Å². The summed E-state index contributed by atoms with van der Waals surface area (Å²) in [6, 6.07) is 10.9. The van der Waals surface area contributed by atoms with Gasteiger partial charge < -0.3 is 15.4 Å². The van der Waals surface area contributed by atoms with Gasteiger partial charge in [-0.1, -0.05) is 25.1 Å². The van der Waals surface area contributed by atoms with E-state index in [1.54, 1.807) is 30.6 Å². The first-order valence-electron chi connectivity index (χ1n) is 8.86. The van der Waals surface area contributed by atoms with E-state index in [2.05, 4.69) is 34.0 Å². The fraction of sp³-hybridized carbons (Fsp3) is 0.421. The maximum atomic E-state index is 10.8. The maximum Gasteiger partial charge on any atom is 0.269 e. The number of hydrogen-bond acceptors (Lipinski definition) is 5. The van der Waals surface area contributed by atoms with E-state index >= 15 is 0 Å². The summed E-state index contributed by atoms with van der Waals surface area (Å²) in [5, 5.41) is 19.7. The zero-order valence-electron chi connectivity index (χ0n) is 15.8. The molecule has 1 aromatic heterocycles. The summed E-state index contributed by atoms with van der Waals surface area (Å²) in [5.74, 6) is 0.693. The highest BCUT2D eigenvalue weighted by Crippen LogP contribution is 2.21. The number of benzene rings is 1. The molecule has 0 aliphatic heterocycles. The summed E-state index contributed by atoms with van der Waals surface area (Å²) < 4.78 is 5.20. The molecule has 0 spiro atoms. The first-order valence-corrected chi connectivity index (χ1v) is 9.74. The van der Waals surface area contributed by atoms with Gasteiger partial charge in [0.2, 0.25) is 0 Å². The molecular weight excluding hydrogens is 364 g/mol. The zero-order valence-corrected chi connectivity index (χ0v) is 16.7. The van der Waals surface area contributed by atoms with E-state index in [9.17, 15) is 10.1 Å². The Morgan fingerprint density at radius 1 is 1.30 bits per heavy atom. The number of hydrogen-bond donors (Lipinski definition) is 2. The van der Waals surface area contributed by atoms with Gasteiger partial charge in [0, 0.05) is 30.2 Å². The molecule has 1 heterocycles. The molecule has 27 heavy (non-hydrogen) atoms. The Hall–Kier alpha value is -2.45. The Kier molecular flexibility index (Phi) is 8.22. The summed E-state index contributed by atoms with van der Waals surface area (Å²) in [4.78, 5) is 16.3. The number of methoxy groups -OCH3 is 1. The van der Waals surface area contributed by atoms with E-state index in [1.807, 2.05) is 13.0 Å². The molecule has 0 radical (unpaired) electrons. The normalized spacial score (nSPS) is 13.8. The smallest absolute Gasteiger partial charge is 0.269 e. The fourth-order valence-corrected chi connectivity index (χ4v) is 3.44. The number of nitrogens with one attached hydrogen (secondary N) is 2. The minimum absolute atomic E-state index is 0.0802. The monoisotopic (exact) mass is 390 g/mol. The molecule has 2 N–H and O–H groups in total. The van der Waals surface area contributed by atoms with Gasteiger partial charge in [-0.3, -0.25) is 10.1 Å². The molecule has 0 bridgehead atoms. The average Bonchev–Trinajstić information content (AvgIpc) is 3.19. The highest BCUT2D eigenvalue weighted by Gasteiger charge is 2.14. The fourth-order valence-electron chi connectivity index (χ4n) is 2.58. The van der Waals surface area contributed by atoms with Gasteiger partial charge in [-0.15, -0.1) is 11.3 Å². The van der Waals surface area contributed by atoms with Gasteiger partial charge in [-0.25, -0.2) is 4.99 Å². The number of thiophene rings is 1. The van der Waals surface area contributed by atoms with E-state index in [0.717, 1.165) is 12.0 Å². The van der Waals surface area contributed by atoms with Crippen LogP contribution in [0.25, 0.3) is 0 Å². The quantitative estimate of drug-likeness (QED) is 0.294. The number of nitrogens with zero attached hydrogens (tertiary/aromatic N) is 2. The van der Waals surface area contributed by atoms with Crippen LogP contribution in [-0.2, 0) is 11.3 Å². The van der Waals surface area contributed by atoms with Crippen LogP contribution in [0.2, 0.25) is 0 Å². The lowest BCUT2D eigenvalue weighted by molar-refractivity contribution is -0.384. The second-order valence-corrected chi connectivity index (χ2v) is 7.19. The average molecular weight is 391 g/mol. The maximum absolute atomic E-state index is 10.8. The van der Waals surface area contributed by atoms with Crippen LogP contribution in [0.4, 0.5) is 5.69 Å². The van der Waals surface area contributed by atoms with E-state index in [0.29, 0.717) is 19.1 Å². The second kappa shape index (κ2) is 10.6. The number of ether oxygens (including phenoxy) is 1. The summed E-state index contributed by atoms with van der Waals surface area (Å²) in [6.45, 7) is 5.14. The van der Waals surface area contributed by atoms with Gasteiger partial charge in [0.25, 0.3) is 5.69 Å². The minimum atomic E-state index is -0.402. The van der Waals surface area contributed by atoms with Gasteiger partial charge >= 0.3 is 0 Å². The van der Waals surface area contributed by atoms with Crippen LogP contribution >= 0.6 is 11.3 Å². The van der Waals surface area contributed by atoms with Crippen LogP contribution in [0, 0.1) is 10.1 Å². The molecule has 0 amide bonds. The number of nitro groups is 1. The summed E-state index contributed by atoms with van der Waals surface area (Å²) in [6.07, 6.45) is 0.928. The number of rotatable bonds is 9. The molecule has 0 saturated carbocycles. The van der Waals surface area contributed by atoms with Crippen LogP contribution in [0.1, 0.15) is 36.8 Å². The van der Waals surface area contributed by atoms with Crippen molar-refractivity contribution in [3.8, 4) is 0 Å². The predicted molar refractivity (Wildman–Crippen MR) is 109 cm³/mol. The molecule has 2 rings (SSSR count). The molecule has 146 valence electrons. The predicted octanol–water partition coefficient (Wildman–Crippen LogP) is 3.88. The van der Waals surface area contributed by atoms with Crippen molar-refractivity contribution in [2.45, 2.75) is 38.9 Å². The molecule has 8 heteroatoms. The van der Waals surface area contributed by atoms with Crippen molar-refractivity contribution in [2.75, 3.05) is 13.7 Å². The third-order valence-electron chi connectivity index (χ3n) is 3.97. The Morgan fingerprint density at radius 3 is 2.59 bits per heavy atom. The Bertz CT molecular complexity index is 732. The Labute approximate surface area is 163 Å². The molecule has 2 aromatic rings. The van der Waals surface area contributed by atoms with Gasteiger partial charge in [0.05, 0.1) is 24.1 Å². The topological polar surface area (TPSA) is 88.8 Å². The third kappa shape index (κ3) is 6.65. The molecule has 0 saturated heterocycles. The van der Waals surface area contributed by atoms with Gasteiger partial charge in [0.15, 0.2) is 5.96 Å². The van der Waals surface area contributed by atoms with E-state index in [-0.39, 0.29) is 17.8 Å². The number of nitro benzene ring substituents is 1. The molecule has 7 nitrogen and oxygen atoms in total. The second-order valence-electron chi connectivity index (χ2n) is 6.21. The molecule has 0 aliphatic carbocycles. The molecule has 2 unspecified atom stereocenters. The molecule has 0 aliphatic rings. The SMILES string of the molecule is CCC(NC(=NCc1ccc([N+](=O)[O-])cc1)NC(C)COC)c1cccs1. The number of non-ortho nitro benzene ring substituents is 1. The summed E-state index contributed by atoms with van der Waals surface area (Å²) in [7, 11) is 1.67. The lowest BCUT2D eigenvalue weighted by Gasteiger charge is -2.22. The third-order valence-corrected chi connectivity index (χ3v) is 4.96. The highest BCUT2D eigenvalue weighted by atomic mass is 32.1. The van der Waals surface area contributed by atoms with E-state index in [1.165, 1.54) is 17.0 Å². The van der Waals surface area contributed by atoms with Crippen molar-refractivity contribution in [3.63, 3.8) is 0 Å². The lowest BCUT2D eigenvalue weighted by Crippen LogP contribution is -2.45. The van der Waals surface area contributed by atoms with Gasteiger partial charge in [-0.05, 0) is 30.4 Å². The van der Waals surface area contributed by atoms with E-state index < -0.39 is 4.92 Å². The highest BCUT2D eigenvalue weighted by molar-refractivity contribution is 7.10. The van der Waals surface area contributed by atoms with E-state index in [4.69, 9.17) is 4.74 Å². The van der Waals surface area contributed by atoms with Crippen LogP contribution in [-0.4, -0.2) is 30.6 Å². The lowest BCUT2D eigenvalue weighted by atomic mass is 10.2. The number of guanidine groups is 1. The van der Waals surface area contributed by atoms with Crippen molar-refractivity contribution in [2.24, 2.45) is 4.99 Å². The number of aliphatic imine (C=N–C) groups is 1. The minimum Gasteiger partial charge on any atom is -0.383 e. The summed E-state index contributed by atoms with van der Waals surface area (Å²) >= 11 is 1.71. The first kappa shape index (κ1) is 20.9. The van der Waals surface area contributed by atoms with Crippen molar-refractivity contribution in [1.82, 2.24) is 10.6 Å². The van der Waals surface area contributed by atoms with Gasteiger partial charge in [-0.2, -0.15) is 0 Å². The van der Waals surface area contributed by atoms with Crippen LogP contribution in [0.3, 0.4) is 0 Å². The van der Waals surface area contributed by atoms with Crippen LogP contribution in [0.5, 0.6) is 0 Å². The van der Waals surface area contributed by atoms with Crippen molar-refractivity contribution < 1.29 is 9.66 Å². The van der Waals surface area contributed by atoms with Crippen molar-refractivity contribution >= 4 is 23.0 Å². The molecular formula is C19H26N4O3S. The zero-order chi connectivity index (χ0) is 19.6. The van der Waals surface area contributed by atoms with Gasteiger partial charge in [0.1, 0.15) is 0 Å². The standard InChI is InChI=1S/C19H26N4O3S/c1-4-17(18-6-5-11-27-18)22-19(21-14(2)13-26-3)20-12-15-7-9-16(10-8-15)23(24)25/h5-11,14,17H,4,12-13H2,1-3H3,(H2,20,21,22). The summed E-state index contributed by atoms with van der Waals surface area (Å²) in [5.41, 5.74) is 0.988. The van der Waals surface area contributed by atoms with Crippen molar-refractivity contribution in [3.05, 3.63) is 62.3 Å². The first-order chi connectivity index (χ1) is 13.0. The Balaban J connectivity index is 2.12. The molecule has 1 aromatic carbocycles.